The van der Waals surface area contributed by atoms with Crippen molar-refractivity contribution in [2.45, 2.75) is 20.0 Å². The van der Waals surface area contributed by atoms with E-state index in [1.54, 1.807) is 18.2 Å². The van der Waals surface area contributed by atoms with Crippen LogP contribution in [0.3, 0.4) is 0 Å². The Bertz CT molecular complexity index is 749. The third kappa shape index (κ3) is 6.62. The Labute approximate surface area is 170 Å². The maximum Gasteiger partial charge on any atom is 0.248 e. The summed E-state index contributed by atoms with van der Waals surface area (Å²) < 4.78 is 13.3. The number of carbonyl (C=O) groups excluding carboxylic acids is 1. The molecule has 0 fully saturated rings. The van der Waals surface area contributed by atoms with Crippen LogP contribution in [0.25, 0.3) is 0 Å². The standard InChI is InChI=1S/C19H23FN4O.HI/c1-3-22-19(24(2)13-15-5-4-6-17(20)11-15)23-12-14-7-9-16(10-8-14)18(21)25;/h4-11H,3,12-13H2,1-2H3,(H2,21,25)(H,22,23);1H. The van der Waals surface area contributed by atoms with Gasteiger partial charge in [0, 0.05) is 25.7 Å². The summed E-state index contributed by atoms with van der Waals surface area (Å²) in [4.78, 5) is 17.6. The first-order chi connectivity index (χ1) is 12.0. The predicted octanol–water partition coefficient (Wildman–Crippen LogP) is 3.14. The molecule has 2 aromatic carbocycles. The number of carbonyl (C=O) groups is 1. The third-order valence-corrected chi connectivity index (χ3v) is 3.66. The summed E-state index contributed by atoms with van der Waals surface area (Å²) in [5.74, 6) is 0.0336. The van der Waals surface area contributed by atoms with Crippen LogP contribution in [0.5, 0.6) is 0 Å². The minimum atomic E-state index is -0.446. The van der Waals surface area contributed by atoms with Crippen molar-refractivity contribution in [3.63, 3.8) is 0 Å². The Morgan fingerprint density at radius 1 is 1.19 bits per heavy atom. The van der Waals surface area contributed by atoms with Gasteiger partial charge in [0.1, 0.15) is 5.82 Å². The van der Waals surface area contributed by atoms with Gasteiger partial charge in [0.05, 0.1) is 6.54 Å². The molecule has 0 bridgehead atoms. The molecule has 5 nitrogen and oxygen atoms in total. The highest BCUT2D eigenvalue weighted by Gasteiger charge is 2.07. The van der Waals surface area contributed by atoms with Crippen molar-refractivity contribution in [3.8, 4) is 0 Å². The van der Waals surface area contributed by atoms with Gasteiger partial charge < -0.3 is 16.0 Å². The monoisotopic (exact) mass is 470 g/mol. The molecule has 1 amide bonds. The molecule has 0 heterocycles. The minimum Gasteiger partial charge on any atom is -0.366 e. The largest absolute Gasteiger partial charge is 0.366 e. The van der Waals surface area contributed by atoms with Crippen LogP contribution in [0.15, 0.2) is 53.5 Å². The minimum absolute atomic E-state index is 0. The Hall–Kier alpha value is -2.16. The molecule has 0 saturated carbocycles. The lowest BCUT2D eigenvalue weighted by molar-refractivity contribution is 0.100. The van der Waals surface area contributed by atoms with E-state index in [-0.39, 0.29) is 29.8 Å². The second-order valence-corrected chi connectivity index (χ2v) is 5.72. The number of amides is 1. The molecule has 7 heteroatoms. The summed E-state index contributed by atoms with van der Waals surface area (Å²) in [6.07, 6.45) is 0. The van der Waals surface area contributed by atoms with E-state index in [0.29, 0.717) is 18.7 Å². The number of primary amides is 1. The maximum absolute atomic E-state index is 13.3. The zero-order valence-corrected chi connectivity index (χ0v) is 17.2. The fourth-order valence-corrected chi connectivity index (χ4v) is 2.39. The van der Waals surface area contributed by atoms with Crippen LogP contribution in [-0.4, -0.2) is 30.4 Å². The second kappa shape index (κ2) is 10.7. The zero-order valence-electron chi connectivity index (χ0n) is 14.9. The highest BCUT2D eigenvalue weighted by Crippen LogP contribution is 2.08. The molecule has 0 aliphatic rings. The van der Waals surface area contributed by atoms with Crippen LogP contribution in [0.2, 0.25) is 0 Å². The number of nitrogens with zero attached hydrogens (tertiary/aromatic N) is 2. The molecule has 2 rings (SSSR count). The lowest BCUT2D eigenvalue weighted by Gasteiger charge is -2.22. The van der Waals surface area contributed by atoms with Gasteiger partial charge in [-0.1, -0.05) is 24.3 Å². The van der Waals surface area contributed by atoms with Crippen molar-refractivity contribution in [2.24, 2.45) is 10.7 Å². The summed E-state index contributed by atoms with van der Waals surface area (Å²) in [5.41, 5.74) is 7.56. The van der Waals surface area contributed by atoms with Crippen LogP contribution in [0, 0.1) is 5.82 Å². The van der Waals surface area contributed by atoms with E-state index in [4.69, 9.17) is 5.73 Å². The van der Waals surface area contributed by atoms with Gasteiger partial charge in [-0.15, -0.1) is 24.0 Å². The average Bonchev–Trinajstić information content (AvgIpc) is 2.59. The van der Waals surface area contributed by atoms with Gasteiger partial charge >= 0.3 is 0 Å². The third-order valence-electron chi connectivity index (χ3n) is 3.66. The summed E-state index contributed by atoms with van der Waals surface area (Å²) in [5, 5.41) is 3.23. The van der Waals surface area contributed by atoms with Crippen molar-refractivity contribution in [3.05, 3.63) is 71.0 Å². The number of hydrogen-bond donors (Lipinski definition) is 2. The normalized spacial score (nSPS) is 10.8. The van der Waals surface area contributed by atoms with Crippen LogP contribution in [0.1, 0.15) is 28.4 Å². The second-order valence-electron chi connectivity index (χ2n) is 5.72. The fraction of sp³-hybridized carbons (Fsp3) is 0.263. The maximum atomic E-state index is 13.3. The van der Waals surface area contributed by atoms with Crippen molar-refractivity contribution >= 4 is 35.8 Å². The van der Waals surface area contributed by atoms with Crippen LogP contribution < -0.4 is 11.1 Å². The van der Waals surface area contributed by atoms with E-state index < -0.39 is 5.91 Å². The van der Waals surface area contributed by atoms with Gasteiger partial charge in [-0.3, -0.25) is 4.79 Å². The van der Waals surface area contributed by atoms with Crippen molar-refractivity contribution in [1.29, 1.82) is 0 Å². The number of aliphatic imine (C=N–C) groups is 1. The number of hydrogen-bond acceptors (Lipinski definition) is 2. The molecule has 0 atom stereocenters. The Morgan fingerprint density at radius 3 is 2.46 bits per heavy atom. The summed E-state index contributed by atoms with van der Waals surface area (Å²) >= 11 is 0. The lowest BCUT2D eigenvalue weighted by atomic mass is 10.1. The van der Waals surface area contributed by atoms with Crippen molar-refractivity contribution < 1.29 is 9.18 Å². The van der Waals surface area contributed by atoms with E-state index in [9.17, 15) is 9.18 Å². The van der Waals surface area contributed by atoms with Crippen LogP contribution in [-0.2, 0) is 13.1 Å². The molecule has 3 N–H and O–H groups in total. The fourth-order valence-electron chi connectivity index (χ4n) is 2.39. The molecular formula is C19H24FIN4O. The molecule has 0 spiro atoms. The number of benzene rings is 2. The molecule has 0 aromatic heterocycles. The van der Waals surface area contributed by atoms with Gasteiger partial charge in [0.15, 0.2) is 5.96 Å². The molecule has 0 aliphatic heterocycles. The highest BCUT2D eigenvalue weighted by atomic mass is 127. The van der Waals surface area contributed by atoms with Gasteiger partial charge in [0.2, 0.25) is 5.91 Å². The van der Waals surface area contributed by atoms with Crippen LogP contribution >= 0.6 is 24.0 Å². The molecular weight excluding hydrogens is 446 g/mol. The number of nitrogens with one attached hydrogen (secondary N) is 1. The molecule has 0 radical (unpaired) electrons. The molecule has 2 aromatic rings. The van der Waals surface area contributed by atoms with Crippen molar-refractivity contribution in [2.75, 3.05) is 13.6 Å². The van der Waals surface area contributed by atoms with Crippen molar-refractivity contribution in [1.82, 2.24) is 10.2 Å². The molecule has 0 aliphatic carbocycles. The Balaban J connectivity index is 0.00000338. The van der Waals surface area contributed by atoms with Gasteiger partial charge in [0.25, 0.3) is 0 Å². The SMILES string of the molecule is CCNC(=NCc1ccc(C(N)=O)cc1)N(C)Cc1cccc(F)c1.I. The van der Waals surface area contributed by atoms with E-state index in [0.717, 1.165) is 23.6 Å². The first-order valence-corrected chi connectivity index (χ1v) is 8.12. The topological polar surface area (TPSA) is 70.7 Å². The first kappa shape index (κ1) is 21.9. The number of halogens is 2. The molecule has 26 heavy (non-hydrogen) atoms. The number of nitrogens with two attached hydrogens (primary N) is 1. The molecule has 0 unspecified atom stereocenters. The Morgan fingerprint density at radius 2 is 1.88 bits per heavy atom. The smallest absolute Gasteiger partial charge is 0.248 e. The summed E-state index contributed by atoms with van der Waals surface area (Å²) in [6.45, 7) is 3.74. The van der Waals surface area contributed by atoms with E-state index >= 15 is 0 Å². The van der Waals surface area contributed by atoms with E-state index in [1.807, 2.05) is 37.1 Å². The van der Waals surface area contributed by atoms with Gasteiger partial charge in [-0.25, -0.2) is 9.38 Å². The average molecular weight is 470 g/mol. The highest BCUT2D eigenvalue weighted by molar-refractivity contribution is 14.0. The zero-order chi connectivity index (χ0) is 18.2. The predicted molar refractivity (Wildman–Crippen MR) is 113 cm³/mol. The first-order valence-electron chi connectivity index (χ1n) is 8.12. The molecule has 140 valence electrons. The van der Waals surface area contributed by atoms with Gasteiger partial charge in [-0.05, 0) is 42.3 Å². The summed E-state index contributed by atoms with van der Waals surface area (Å²) in [7, 11) is 1.91. The number of guanidine groups is 1. The van der Waals surface area contributed by atoms with Gasteiger partial charge in [-0.2, -0.15) is 0 Å². The van der Waals surface area contributed by atoms with Crippen LogP contribution in [0.4, 0.5) is 4.39 Å². The number of rotatable bonds is 6. The quantitative estimate of drug-likeness (QED) is 0.387. The summed E-state index contributed by atoms with van der Waals surface area (Å²) in [6, 6.07) is 13.6. The van der Waals surface area contributed by atoms with E-state index in [2.05, 4.69) is 10.3 Å². The van der Waals surface area contributed by atoms with E-state index in [1.165, 1.54) is 12.1 Å². The lowest BCUT2D eigenvalue weighted by Crippen LogP contribution is -2.38. The Kier molecular flexibility index (Phi) is 9.04. The molecule has 0 saturated heterocycles.